The van der Waals surface area contributed by atoms with Crippen molar-refractivity contribution in [2.24, 2.45) is 0 Å². The molecule has 1 fully saturated rings. The van der Waals surface area contributed by atoms with Crippen molar-refractivity contribution >= 4 is 27.6 Å². The van der Waals surface area contributed by atoms with Gasteiger partial charge < -0.3 is 10.3 Å². The van der Waals surface area contributed by atoms with Crippen molar-refractivity contribution in [3.63, 3.8) is 0 Å². The second kappa shape index (κ2) is 3.81. The van der Waals surface area contributed by atoms with E-state index in [2.05, 4.69) is 27.1 Å². The molecule has 1 aliphatic rings. The molecule has 2 aromatic heterocycles. The Kier molecular flexibility index (Phi) is 2.20. The van der Waals surface area contributed by atoms with Gasteiger partial charge in [-0.15, -0.1) is 0 Å². The molecule has 2 N–H and O–H groups in total. The normalized spacial score (nSPS) is 15.2. The van der Waals surface area contributed by atoms with Crippen LogP contribution in [0.4, 0.5) is 5.00 Å². The Hall–Kier alpha value is -1.88. The Morgan fingerprint density at radius 3 is 2.79 bits per heavy atom. The first kappa shape index (κ1) is 11.0. The lowest BCUT2D eigenvalue weighted by molar-refractivity contribution is 0.775. The third kappa shape index (κ3) is 1.58. The van der Waals surface area contributed by atoms with Gasteiger partial charge in [-0.25, -0.2) is 4.98 Å². The largest absolute Gasteiger partial charge is 0.389 e. The van der Waals surface area contributed by atoms with Gasteiger partial charge in [-0.2, -0.15) is 4.37 Å². The first-order valence-electron chi connectivity index (χ1n) is 6.45. The topological polar surface area (TPSA) is 56.7 Å². The van der Waals surface area contributed by atoms with Crippen LogP contribution in [-0.4, -0.2) is 13.9 Å². The molecule has 1 aliphatic carbocycles. The smallest absolute Gasteiger partial charge is 0.146 e. The highest BCUT2D eigenvalue weighted by Crippen LogP contribution is 2.43. The molecule has 4 nitrogen and oxygen atoms in total. The lowest BCUT2D eigenvalue weighted by Crippen LogP contribution is -1.99. The molecule has 0 aliphatic heterocycles. The lowest BCUT2D eigenvalue weighted by Gasteiger charge is -2.07. The lowest BCUT2D eigenvalue weighted by atomic mass is 10.2. The van der Waals surface area contributed by atoms with Gasteiger partial charge in [0.1, 0.15) is 10.8 Å². The third-order valence-corrected chi connectivity index (χ3v) is 4.39. The number of benzene rings is 1. The first-order chi connectivity index (χ1) is 9.25. The molecule has 2 heterocycles. The Morgan fingerprint density at radius 1 is 1.32 bits per heavy atom. The van der Waals surface area contributed by atoms with Gasteiger partial charge >= 0.3 is 0 Å². The number of imidazole rings is 1. The summed E-state index contributed by atoms with van der Waals surface area (Å²) in [6, 6.07) is 8.85. The van der Waals surface area contributed by atoms with Crippen molar-refractivity contribution < 1.29 is 0 Å². The molecular weight excluding hydrogens is 256 g/mol. The van der Waals surface area contributed by atoms with Gasteiger partial charge in [0.25, 0.3) is 0 Å². The fraction of sp³-hybridized carbons (Fsp3) is 0.286. The van der Waals surface area contributed by atoms with E-state index in [0.29, 0.717) is 6.04 Å². The summed E-state index contributed by atoms with van der Waals surface area (Å²) in [5, 5.41) is 0.759. The van der Waals surface area contributed by atoms with Crippen LogP contribution >= 0.6 is 11.5 Å². The molecule has 0 unspecified atom stereocenters. The van der Waals surface area contributed by atoms with Crippen LogP contribution in [0.5, 0.6) is 0 Å². The predicted molar refractivity (Wildman–Crippen MR) is 78.3 cm³/mol. The molecule has 1 saturated carbocycles. The van der Waals surface area contributed by atoms with E-state index in [4.69, 9.17) is 10.7 Å². The maximum absolute atomic E-state index is 6.09. The summed E-state index contributed by atoms with van der Waals surface area (Å²) >= 11 is 1.35. The van der Waals surface area contributed by atoms with Gasteiger partial charge in [0.05, 0.1) is 22.3 Å². The van der Waals surface area contributed by atoms with Crippen molar-refractivity contribution in [2.75, 3.05) is 5.73 Å². The van der Waals surface area contributed by atoms with Crippen molar-refractivity contribution in [3.05, 3.63) is 30.0 Å². The summed E-state index contributed by atoms with van der Waals surface area (Å²) in [6.07, 6.45) is 2.45. The van der Waals surface area contributed by atoms with Gasteiger partial charge in [0.2, 0.25) is 0 Å². The number of hydrogen-bond donors (Lipinski definition) is 1. The maximum atomic E-state index is 6.09. The number of aryl methyl sites for hydroxylation is 1. The molecule has 3 aromatic rings. The Bertz CT molecular complexity index is 747. The Morgan fingerprint density at radius 2 is 2.11 bits per heavy atom. The molecule has 5 heteroatoms. The van der Waals surface area contributed by atoms with Gasteiger partial charge in [-0.05, 0) is 43.4 Å². The molecule has 4 rings (SSSR count). The van der Waals surface area contributed by atoms with E-state index in [0.717, 1.165) is 27.6 Å². The zero-order valence-electron chi connectivity index (χ0n) is 10.6. The van der Waals surface area contributed by atoms with Crippen molar-refractivity contribution in [2.45, 2.75) is 25.8 Å². The first-order valence-corrected chi connectivity index (χ1v) is 7.22. The van der Waals surface area contributed by atoms with Crippen molar-refractivity contribution in [1.82, 2.24) is 13.9 Å². The minimum absolute atomic E-state index is 0.570. The summed E-state index contributed by atoms with van der Waals surface area (Å²) in [4.78, 5) is 4.79. The van der Waals surface area contributed by atoms with Crippen LogP contribution in [0.25, 0.3) is 22.4 Å². The number of anilines is 1. The molecule has 0 saturated heterocycles. The zero-order chi connectivity index (χ0) is 13.0. The van der Waals surface area contributed by atoms with Gasteiger partial charge in [0.15, 0.2) is 0 Å². The summed E-state index contributed by atoms with van der Waals surface area (Å²) < 4.78 is 6.68. The van der Waals surface area contributed by atoms with Gasteiger partial charge in [-0.1, -0.05) is 12.1 Å². The molecule has 0 atom stereocenters. The quantitative estimate of drug-likeness (QED) is 0.776. The van der Waals surface area contributed by atoms with Crippen LogP contribution in [0.15, 0.2) is 24.3 Å². The summed E-state index contributed by atoms with van der Waals surface area (Å²) in [5.74, 6) is 0.979. The minimum Gasteiger partial charge on any atom is -0.389 e. The van der Waals surface area contributed by atoms with Crippen LogP contribution in [0, 0.1) is 6.92 Å². The molecule has 0 bridgehead atoms. The average Bonchev–Trinajstić information content (AvgIpc) is 3.09. The summed E-state index contributed by atoms with van der Waals surface area (Å²) in [7, 11) is 0. The third-order valence-electron chi connectivity index (χ3n) is 3.62. The SMILES string of the molecule is Cc1nsc(N)c1-c1nc2ccccc2n1C1CC1. The van der Waals surface area contributed by atoms with E-state index in [-0.39, 0.29) is 0 Å². The number of nitrogen functional groups attached to an aromatic ring is 1. The minimum atomic E-state index is 0.570. The molecule has 96 valence electrons. The molecule has 0 radical (unpaired) electrons. The zero-order valence-corrected chi connectivity index (χ0v) is 11.4. The van der Waals surface area contributed by atoms with Gasteiger partial charge in [0, 0.05) is 6.04 Å². The number of nitrogens with two attached hydrogens (primary N) is 1. The van der Waals surface area contributed by atoms with Crippen molar-refractivity contribution in [3.8, 4) is 11.4 Å². The highest BCUT2D eigenvalue weighted by Gasteiger charge is 2.30. The van der Waals surface area contributed by atoms with Crippen molar-refractivity contribution in [1.29, 1.82) is 0 Å². The second-order valence-electron chi connectivity index (χ2n) is 5.03. The van der Waals surface area contributed by atoms with Gasteiger partial charge in [-0.3, -0.25) is 0 Å². The van der Waals surface area contributed by atoms with E-state index in [1.165, 1.54) is 29.9 Å². The van der Waals surface area contributed by atoms with E-state index in [9.17, 15) is 0 Å². The number of hydrogen-bond acceptors (Lipinski definition) is 4. The highest BCUT2D eigenvalue weighted by atomic mass is 32.1. The number of nitrogens with zero attached hydrogens (tertiary/aromatic N) is 3. The Balaban J connectivity index is 2.06. The van der Waals surface area contributed by atoms with Crippen LogP contribution < -0.4 is 5.73 Å². The molecule has 1 aromatic carbocycles. The monoisotopic (exact) mass is 270 g/mol. The summed E-state index contributed by atoms with van der Waals surface area (Å²) in [6.45, 7) is 2.00. The number of para-hydroxylation sites is 2. The fourth-order valence-electron chi connectivity index (χ4n) is 2.58. The molecule has 0 spiro atoms. The fourth-order valence-corrected chi connectivity index (χ4v) is 3.24. The van der Waals surface area contributed by atoms with E-state index in [1.54, 1.807) is 0 Å². The second-order valence-corrected chi connectivity index (χ2v) is 5.84. The number of aromatic nitrogens is 3. The molecule has 19 heavy (non-hydrogen) atoms. The van der Waals surface area contributed by atoms with Crippen LogP contribution in [-0.2, 0) is 0 Å². The average molecular weight is 270 g/mol. The van der Waals surface area contributed by atoms with E-state index < -0.39 is 0 Å². The Labute approximate surface area is 115 Å². The highest BCUT2D eigenvalue weighted by molar-refractivity contribution is 7.10. The standard InChI is InChI=1S/C14H14N4S/c1-8-12(13(15)19-17-8)14-16-10-4-2-3-5-11(10)18(14)9-6-7-9/h2-5,9H,6-7,15H2,1H3. The van der Waals surface area contributed by atoms with E-state index >= 15 is 0 Å². The molecular formula is C14H14N4S. The predicted octanol–water partition coefficient (Wildman–Crippen LogP) is 3.39. The maximum Gasteiger partial charge on any atom is 0.146 e. The molecule has 0 amide bonds. The van der Waals surface area contributed by atoms with Crippen LogP contribution in [0.2, 0.25) is 0 Å². The number of fused-ring (bicyclic) bond motifs is 1. The summed E-state index contributed by atoms with van der Waals surface area (Å²) in [5.41, 5.74) is 10.3. The number of rotatable bonds is 2. The van der Waals surface area contributed by atoms with Crippen LogP contribution in [0.3, 0.4) is 0 Å². The van der Waals surface area contributed by atoms with Crippen LogP contribution in [0.1, 0.15) is 24.6 Å². The van der Waals surface area contributed by atoms with E-state index in [1.807, 2.05) is 13.0 Å².